The Hall–Kier alpha value is -0.610. The van der Waals surface area contributed by atoms with Gasteiger partial charge in [-0.2, -0.15) is 0 Å². The fourth-order valence-corrected chi connectivity index (χ4v) is 6.52. The molecule has 0 bridgehead atoms. The van der Waals surface area contributed by atoms with Crippen molar-refractivity contribution in [3.63, 3.8) is 0 Å². The van der Waals surface area contributed by atoms with Crippen LogP contribution >= 0.6 is 35.1 Å². The minimum atomic E-state index is 0.529. The van der Waals surface area contributed by atoms with E-state index in [9.17, 15) is 0 Å². The van der Waals surface area contributed by atoms with Crippen LogP contribution in [0.3, 0.4) is 0 Å². The predicted octanol–water partition coefficient (Wildman–Crippen LogP) is 5.92. The Balaban J connectivity index is 1.64. The molecule has 2 heterocycles. The zero-order chi connectivity index (χ0) is 16.5. The number of hydrogen-bond donors (Lipinski definition) is 0. The topological polar surface area (TPSA) is 3.24 Å². The largest absolute Gasteiger partial charge is 0.306 e. The van der Waals surface area contributed by atoms with E-state index in [-0.39, 0.29) is 0 Å². The van der Waals surface area contributed by atoms with Crippen molar-refractivity contribution in [2.45, 2.75) is 39.6 Å². The van der Waals surface area contributed by atoms with Crippen LogP contribution in [0.25, 0.3) is 0 Å². The second-order valence-electron chi connectivity index (χ2n) is 6.72. The fraction of sp³-hybridized carbons (Fsp3) is 0.400. The number of likely N-dealkylation sites (tertiary alicyclic amines) is 1. The molecule has 1 saturated heterocycles. The zero-order valence-corrected chi connectivity index (χ0v) is 16.3. The summed E-state index contributed by atoms with van der Waals surface area (Å²) in [7, 11) is 2.23. The third-order valence-corrected chi connectivity index (χ3v) is 7.99. The van der Waals surface area contributed by atoms with Gasteiger partial charge in [-0.05, 0) is 74.8 Å². The van der Waals surface area contributed by atoms with Gasteiger partial charge in [0.15, 0.2) is 0 Å². The summed E-state index contributed by atoms with van der Waals surface area (Å²) in [6, 6.07) is 15.3. The number of fused-ring (bicyclic) bond motifs is 2. The van der Waals surface area contributed by atoms with Crippen molar-refractivity contribution in [2.75, 3.05) is 20.1 Å². The van der Waals surface area contributed by atoms with Crippen LogP contribution in [0.5, 0.6) is 0 Å². The number of piperidine rings is 1. The molecule has 0 radical (unpaired) electrons. The van der Waals surface area contributed by atoms with Crippen LogP contribution < -0.4 is 0 Å². The first-order valence-corrected chi connectivity index (χ1v) is 10.7. The maximum Gasteiger partial charge on any atom is 0.0409 e. The quantitative estimate of drug-likeness (QED) is 0.641. The molecule has 0 aromatic heterocycles. The molecule has 2 aliphatic heterocycles. The summed E-state index contributed by atoms with van der Waals surface area (Å²) in [5.74, 6) is 0. The van der Waals surface area contributed by atoms with Crippen molar-refractivity contribution in [3.05, 3.63) is 58.6 Å². The van der Waals surface area contributed by atoms with Gasteiger partial charge in [-0.1, -0.05) is 41.6 Å². The second-order valence-corrected chi connectivity index (χ2v) is 9.75. The molecule has 2 aliphatic rings. The second kappa shape index (κ2) is 7.33. The summed E-state index contributed by atoms with van der Waals surface area (Å²) in [5.41, 5.74) is 2.90. The third-order valence-electron chi connectivity index (χ3n) is 4.94. The first-order chi connectivity index (χ1) is 11.7. The lowest BCUT2D eigenvalue weighted by Crippen LogP contribution is -2.31. The van der Waals surface area contributed by atoms with E-state index in [1.807, 2.05) is 17.8 Å². The molecule has 0 spiro atoms. The Morgan fingerprint density at radius 2 is 1.88 bits per heavy atom. The fourth-order valence-electron chi connectivity index (χ4n) is 3.55. The average Bonchev–Trinajstić information content (AvgIpc) is 2.73. The van der Waals surface area contributed by atoms with Gasteiger partial charge in [-0.3, -0.25) is 0 Å². The van der Waals surface area contributed by atoms with Gasteiger partial charge in [-0.25, -0.2) is 0 Å². The molecule has 0 unspecified atom stereocenters. The van der Waals surface area contributed by atoms with Crippen LogP contribution in [0.15, 0.2) is 52.3 Å². The van der Waals surface area contributed by atoms with E-state index in [0.29, 0.717) is 5.25 Å². The Kier molecular flexibility index (Phi) is 5.14. The molecule has 0 aliphatic carbocycles. The minimum Gasteiger partial charge on any atom is -0.306 e. The molecule has 24 heavy (non-hydrogen) atoms. The Labute approximate surface area is 158 Å². The highest BCUT2D eigenvalue weighted by molar-refractivity contribution is 8.00. The molecule has 2 aromatic rings. The van der Waals surface area contributed by atoms with E-state index in [4.69, 9.17) is 11.6 Å². The number of halogens is 1. The van der Waals surface area contributed by atoms with Crippen LogP contribution in [0.2, 0.25) is 5.02 Å². The van der Waals surface area contributed by atoms with Crippen LogP contribution in [0, 0.1) is 0 Å². The van der Waals surface area contributed by atoms with Gasteiger partial charge in [0.25, 0.3) is 0 Å². The van der Waals surface area contributed by atoms with Gasteiger partial charge in [-0.15, -0.1) is 11.8 Å². The van der Waals surface area contributed by atoms with Crippen LogP contribution in [0.4, 0.5) is 0 Å². The lowest BCUT2D eigenvalue weighted by Gasteiger charge is -2.31. The summed E-state index contributed by atoms with van der Waals surface area (Å²) >= 11 is 10.4. The van der Waals surface area contributed by atoms with E-state index < -0.39 is 0 Å². The molecule has 1 nitrogen and oxygen atoms in total. The van der Waals surface area contributed by atoms with Crippen LogP contribution in [0.1, 0.15) is 29.2 Å². The number of hydrogen-bond acceptors (Lipinski definition) is 3. The minimum absolute atomic E-state index is 0.529. The maximum absolute atomic E-state index is 6.28. The molecule has 1 atom stereocenters. The summed E-state index contributed by atoms with van der Waals surface area (Å²) < 4.78 is 0. The summed E-state index contributed by atoms with van der Waals surface area (Å²) in [6.45, 7) is 2.45. The average molecular weight is 376 g/mol. The normalized spacial score (nSPS) is 21.8. The Morgan fingerprint density at radius 3 is 2.71 bits per heavy atom. The summed E-state index contributed by atoms with van der Waals surface area (Å²) in [6.07, 6.45) is 3.68. The maximum atomic E-state index is 6.28. The van der Waals surface area contributed by atoms with Crippen LogP contribution in [-0.2, 0) is 6.42 Å². The SMILES string of the molecule is CN1CCC(S[C@H]2Cc3cc(Cl)ccc3Sc3ccccc32)CC1. The lowest BCUT2D eigenvalue weighted by molar-refractivity contribution is 0.282. The third kappa shape index (κ3) is 3.65. The molecule has 0 amide bonds. The Bertz CT molecular complexity index is 725. The van der Waals surface area contributed by atoms with E-state index in [1.54, 1.807) is 0 Å². The van der Waals surface area contributed by atoms with Crippen molar-refractivity contribution in [2.24, 2.45) is 0 Å². The van der Waals surface area contributed by atoms with Gasteiger partial charge in [0.2, 0.25) is 0 Å². The van der Waals surface area contributed by atoms with Gasteiger partial charge >= 0.3 is 0 Å². The van der Waals surface area contributed by atoms with E-state index in [1.165, 1.54) is 46.8 Å². The molecule has 126 valence electrons. The molecule has 4 heteroatoms. The summed E-state index contributed by atoms with van der Waals surface area (Å²) in [5, 5.41) is 2.15. The van der Waals surface area contributed by atoms with Crippen molar-refractivity contribution in [1.82, 2.24) is 4.90 Å². The lowest BCUT2D eigenvalue weighted by atomic mass is 10.0. The first-order valence-electron chi connectivity index (χ1n) is 8.58. The van der Waals surface area contributed by atoms with Gasteiger partial charge in [0.1, 0.15) is 0 Å². The molecule has 4 rings (SSSR count). The molecule has 0 saturated carbocycles. The van der Waals surface area contributed by atoms with Crippen molar-refractivity contribution in [3.8, 4) is 0 Å². The zero-order valence-electron chi connectivity index (χ0n) is 13.9. The summed E-state index contributed by atoms with van der Waals surface area (Å²) in [4.78, 5) is 5.21. The highest BCUT2D eigenvalue weighted by atomic mass is 35.5. The predicted molar refractivity (Wildman–Crippen MR) is 107 cm³/mol. The molecule has 2 aromatic carbocycles. The number of nitrogens with zero attached hydrogens (tertiary/aromatic N) is 1. The van der Waals surface area contributed by atoms with Gasteiger partial charge < -0.3 is 4.90 Å². The van der Waals surface area contributed by atoms with Crippen molar-refractivity contribution >= 4 is 35.1 Å². The number of rotatable bonds is 2. The monoisotopic (exact) mass is 375 g/mol. The number of thioether (sulfide) groups is 1. The Morgan fingerprint density at radius 1 is 1.08 bits per heavy atom. The number of benzene rings is 2. The first kappa shape index (κ1) is 16.8. The highest BCUT2D eigenvalue weighted by Gasteiger charge is 2.27. The van der Waals surface area contributed by atoms with E-state index in [2.05, 4.69) is 60.1 Å². The highest BCUT2D eigenvalue weighted by Crippen LogP contribution is 2.48. The van der Waals surface area contributed by atoms with Crippen molar-refractivity contribution in [1.29, 1.82) is 0 Å². The van der Waals surface area contributed by atoms with Crippen LogP contribution in [-0.4, -0.2) is 30.3 Å². The van der Waals surface area contributed by atoms with Crippen molar-refractivity contribution < 1.29 is 0 Å². The van der Waals surface area contributed by atoms with E-state index in [0.717, 1.165) is 16.7 Å². The molecule has 0 N–H and O–H groups in total. The molecule has 1 fully saturated rings. The standard InChI is InChI=1S/C20H22ClNS2/c1-22-10-8-16(9-11-22)23-20-13-14-12-15(21)6-7-18(14)24-19-5-3-2-4-17(19)20/h2-7,12,16,20H,8-11,13H2,1H3/t20-/m0/s1. The smallest absolute Gasteiger partial charge is 0.0409 e. The van der Waals surface area contributed by atoms with E-state index >= 15 is 0 Å². The van der Waals surface area contributed by atoms with Gasteiger partial charge in [0, 0.05) is 25.3 Å². The van der Waals surface area contributed by atoms with Gasteiger partial charge in [0.05, 0.1) is 0 Å². The molecular formula is C20H22ClNS2. The molecular weight excluding hydrogens is 354 g/mol.